The third kappa shape index (κ3) is 9.38. The molecule has 2 saturated carbocycles. The van der Waals surface area contributed by atoms with Gasteiger partial charge < -0.3 is 25.0 Å². The molecule has 2 aliphatic carbocycles. The highest BCUT2D eigenvalue weighted by molar-refractivity contribution is 7.99. The molecule has 2 heterocycles. The number of carbonyl (C=O) groups excluding carboxylic acids is 3. The van der Waals surface area contributed by atoms with E-state index in [4.69, 9.17) is 14.5 Å². The van der Waals surface area contributed by atoms with E-state index in [1.54, 1.807) is 11.8 Å². The van der Waals surface area contributed by atoms with E-state index in [2.05, 4.69) is 22.5 Å². The number of nitrogens with one attached hydrogen (secondary N) is 2. The molecular formula is C29H44N4O5S. The first-order valence-corrected chi connectivity index (χ1v) is 15.8. The molecule has 39 heavy (non-hydrogen) atoms. The van der Waals surface area contributed by atoms with Crippen LogP contribution in [0.15, 0.2) is 17.2 Å². The van der Waals surface area contributed by atoms with E-state index in [0.29, 0.717) is 12.1 Å². The van der Waals surface area contributed by atoms with Crippen molar-refractivity contribution in [1.29, 1.82) is 0 Å². The summed E-state index contributed by atoms with van der Waals surface area (Å²) in [6, 6.07) is 4.15. The van der Waals surface area contributed by atoms with Gasteiger partial charge >= 0.3 is 12.1 Å². The van der Waals surface area contributed by atoms with E-state index in [9.17, 15) is 14.4 Å². The fourth-order valence-electron chi connectivity index (χ4n) is 5.64. The molecule has 216 valence electrons. The molecule has 1 aliphatic heterocycles. The molecule has 1 saturated heterocycles. The summed E-state index contributed by atoms with van der Waals surface area (Å²) >= 11 is 1.62. The lowest BCUT2D eigenvalue weighted by molar-refractivity contribution is -0.144. The number of hydrogen-bond donors (Lipinski definition) is 2. The van der Waals surface area contributed by atoms with Gasteiger partial charge in [0, 0.05) is 25.2 Å². The summed E-state index contributed by atoms with van der Waals surface area (Å²) in [7, 11) is 0. The van der Waals surface area contributed by atoms with Crippen molar-refractivity contribution in [2.45, 2.75) is 114 Å². The van der Waals surface area contributed by atoms with Gasteiger partial charge in [-0.25, -0.2) is 14.6 Å². The predicted octanol–water partition coefficient (Wildman–Crippen LogP) is 5.22. The number of nitrogens with zero attached hydrogens (tertiary/aromatic N) is 2. The quantitative estimate of drug-likeness (QED) is 0.228. The Morgan fingerprint density at radius 3 is 2.33 bits per heavy atom. The number of hydrogen-bond acceptors (Lipinski definition) is 8. The molecule has 0 bridgehead atoms. The standard InChI is InChI=1S/C29H44N4O5S/c1-2-18-39-28-24(27(35)30-21-10-5-3-6-11-21)15-16-25(32-28)33-17-9-14-23(19-33)37-20-26(34)38-29(36)31-22-12-7-4-8-13-22/h15-16,21-23H,2-14,17-20H2,1H3,(H,30,35)(H,31,36). The van der Waals surface area contributed by atoms with Crippen LogP contribution < -0.4 is 15.5 Å². The Hall–Kier alpha value is -2.33. The van der Waals surface area contributed by atoms with Crippen LogP contribution in [0, 0.1) is 0 Å². The Morgan fingerprint density at radius 2 is 1.64 bits per heavy atom. The van der Waals surface area contributed by atoms with Gasteiger partial charge in [-0.2, -0.15) is 0 Å². The molecule has 4 rings (SSSR count). The van der Waals surface area contributed by atoms with E-state index < -0.39 is 12.1 Å². The Balaban J connectivity index is 1.29. The first-order chi connectivity index (χ1) is 19.0. The van der Waals surface area contributed by atoms with Crippen molar-refractivity contribution < 1.29 is 23.9 Å². The summed E-state index contributed by atoms with van der Waals surface area (Å²) in [4.78, 5) is 44.4. The molecule has 1 aromatic heterocycles. The number of ether oxygens (including phenoxy) is 2. The Bertz CT molecular complexity index is 965. The molecule has 1 unspecified atom stereocenters. The normalized spacial score (nSPS) is 20.8. The highest BCUT2D eigenvalue weighted by Crippen LogP contribution is 2.28. The van der Waals surface area contributed by atoms with E-state index in [1.165, 1.54) is 25.7 Å². The van der Waals surface area contributed by atoms with Crippen molar-refractivity contribution in [2.75, 3.05) is 30.3 Å². The Kier molecular flexibility index (Phi) is 11.7. The van der Waals surface area contributed by atoms with Crippen molar-refractivity contribution in [1.82, 2.24) is 15.6 Å². The Morgan fingerprint density at radius 1 is 0.949 bits per heavy atom. The van der Waals surface area contributed by atoms with Crippen molar-refractivity contribution in [3.8, 4) is 0 Å². The van der Waals surface area contributed by atoms with E-state index in [0.717, 1.165) is 80.9 Å². The monoisotopic (exact) mass is 560 g/mol. The average Bonchev–Trinajstić information content (AvgIpc) is 2.96. The van der Waals surface area contributed by atoms with Gasteiger partial charge in [-0.1, -0.05) is 45.4 Å². The van der Waals surface area contributed by atoms with Crippen molar-refractivity contribution in [3.63, 3.8) is 0 Å². The summed E-state index contributed by atoms with van der Waals surface area (Å²) < 4.78 is 10.8. The van der Waals surface area contributed by atoms with Crippen LogP contribution in [-0.2, 0) is 14.3 Å². The third-order valence-corrected chi connectivity index (χ3v) is 8.94. The summed E-state index contributed by atoms with van der Waals surface area (Å²) in [6.07, 6.45) is 12.7. The van der Waals surface area contributed by atoms with E-state index >= 15 is 0 Å². The average molecular weight is 561 g/mol. The first kappa shape index (κ1) is 29.6. The number of carbonyl (C=O) groups is 3. The predicted molar refractivity (Wildman–Crippen MR) is 152 cm³/mol. The summed E-state index contributed by atoms with van der Waals surface area (Å²) in [6.45, 7) is 3.27. The van der Waals surface area contributed by atoms with Crippen LogP contribution >= 0.6 is 11.8 Å². The van der Waals surface area contributed by atoms with E-state index in [-0.39, 0.29) is 30.7 Å². The highest BCUT2D eigenvalue weighted by atomic mass is 32.2. The molecule has 3 aliphatic rings. The first-order valence-electron chi connectivity index (χ1n) is 14.8. The molecular weight excluding hydrogens is 516 g/mol. The van der Waals surface area contributed by atoms with Gasteiger partial charge in [0.1, 0.15) is 17.5 Å². The second kappa shape index (κ2) is 15.5. The van der Waals surface area contributed by atoms with Gasteiger partial charge in [-0.3, -0.25) is 4.79 Å². The molecule has 2 N–H and O–H groups in total. The number of esters is 1. The fraction of sp³-hybridized carbons (Fsp3) is 0.724. The van der Waals surface area contributed by atoms with Gasteiger partial charge in [0.15, 0.2) is 0 Å². The van der Waals surface area contributed by atoms with Crippen LogP contribution in [-0.4, -0.2) is 66.6 Å². The number of pyridine rings is 1. The number of amides is 2. The van der Waals surface area contributed by atoms with Crippen molar-refractivity contribution >= 4 is 35.5 Å². The molecule has 2 amide bonds. The minimum absolute atomic E-state index is 0.0366. The van der Waals surface area contributed by atoms with Crippen LogP contribution in [0.1, 0.15) is 101 Å². The lowest BCUT2D eigenvalue weighted by atomic mass is 9.95. The topological polar surface area (TPSA) is 110 Å². The molecule has 9 nitrogen and oxygen atoms in total. The smallest absolute Gasteiger partial charge is 0.375 e. The number of rotatable bonds is 10. The summed E-state index contributed by atoms with van der Waals surface area (Å²) in [5.41, 5.74) is 0.641. The summed E-state index contributed by atoms with van der Waals surface area (Å²) in [5, 5.41) is 6.77. The van der Waals surface area contributed by atoms with Gasteiger partial charge in [0.25, 0.3) is 5.91 Å². The van der Waals surface area contributed by atoms with Crippen LogP contribution in [0.4, 0.5) is 10.6 Å². The highest BCUT2D eigenvalue weighted by Gasteiger charge is 2.26. The number of aromatic nitrogens is 1. The maximum Gasteiger partial charge on any atom is 0.415 e. The molecule has 0 spiro atoms. The van der Waals surface area contributed by atoms with Gasteiger partial charge in [-0.05, 0) is 62.8 Å². The fourth-order valence-corrected chi connectivity index (χ4v) is 6.51. The number of anilines is 1. The van der Waals surface area contributed by atoms with Crippen LogP contribution in [0.25, 0.3) is 0 Å². The molecule has 3 fully saturated rings. The van der Waals surface area contributed by atoms with Crippen molar-refractivity contribution in [3.05, 3.63) is 17.7 Å². The molecule has 10 heteroatoms. The summed E-state index contributed by atoms with van der Waals surface area (Å²) in [5.74, 6) is 0.989. The SMILES string of the molecule is CCCSc1nc(N2CCCC(OCC(=O)OC(=O)NC3CCCCC3)C2)ccc1C(=O)NC1CCCCC1. The van der Waals surface area contributed by atoms with Crippen LogP contribution in [0.3, 0.4) is 0 Å². The number of piperidine rings is 1. The van der Waals surface area contributed by atoms with Gasteiger partial charge in [0.2, 0.25) is 0 Å². The molecule has 0 radical (unpaired) electrons. The zero-order chi connectivity index (χ0) is 27.5. The second-order valence-corrected chi connectivity index (χ2v) is 12.0. The molecule has 1 atom stereocenters. The largest absolute Gasteiger partial charge is 0.415 e. The zero-order valence-electron chi connectivity index (χ0n) is 23.3. The van der Waals surface area contributed by atoms with E-state index in [1.807, 2.05) is 12.1 Å². The second-order valence-electron chi connectivity index (χ2n) is 10.9. The maximum absolute atomic E-state index is 13.1. The zero-order valence-corrected chi connectivity index (χ0v) is 24.1. The molecule has 0 aromatic carbocycles. The van der Waals surface area contributed by atoms with Gasteiger partial charge in [0.05, 0.1) is 11.7 Å². The molecule has 1 aromatic rings. The van der Waals surface area contributed by atoms with Gasteiger partial charge in [-0.15, -0.1) is 11.8 Å². The van der Waals surface area contributed by atoms with Crippen molar-refractivity contribution in [2.24, 2.45) is 0 Å². The van der Waals surface area contributed by atoms with Crippen LogP contribution in [0.2, 0.25) is 0 Å². The number of alkyl carbamates (subject to hydrolysis) is 1. The minimum Gasteiger partial charge on any atom is -0.375 e. The lowest BCUT2D eigenvalue weighted by Crippen LogP contribution is -2.42. The number of thioether (sulfide) groups is 1. The maximum atomic E-state index is 13.1. The minimum atomic E-state index is -0.685. The Labute approximate surface area is 236 Å². The van der Waals surface area contributed by atoms with Crippen LogP contribution in [0.5, 0.6) is 0 Å². The third-order valence-electron chi connectivity index (χ3n) is 7.75. The lowest BCUT2D eigenvalue weighted by Gasteiger charge is -2.33.